The molecule has 188 valence electrons. The molecule has 0 spiro atoms. The number of rotatable bonds is 5. The lowest BCUT2D eigenvalue weighted by molar-refractivity contribution is -0.116. The molecule has 36 heavy (non-hydrogen) atoms. The molecular formula is C27H31N5O3S. The second kappa shape index (κ2) is 9.63. The molecule has 5 rings (SSSR count). The zero-order valence-corrected chi connectivity index (χ0v) is 21.7. The predicted octanol–water partition coefficient (Wildman–Crippen LogP) is 3.51. The molecule has 2 aliphatic heterocycles. The Morgan fingerprint density at radius 1 is 0.972 bits per heavy atom. The SMILES string of the molecule is CCc1ccc(-c2ccc(N3CCN(S(=O)(=O)c4ccc5c(c4)CC(C)N5C(C)=O)CC3)nn2)cc1. The molecule has 0 N–H and O–H groups in total. The van der Waals surface area contributed by atoms with Crippen LogP contribution in [0.1, 0.15) is 31.9 Å². The molecule has 1 atom stereocenters. The summed E-state index contributed by atoms with van der Waals surface area (Å²) in [6.07, 6.45) is 1.65. The number of carbonyl (C=O) groups excluding carboxylic acids is 1. The predicted molar refractivity (Wildman–Crippen MR) is 141 cm³/mol. The molecule has 1 unspecified atom stereocenters. The zero-order valence-electron chi connectivity index (χ0n) is 20.9. The van der Waals surface area contributed by atoms with Crippen LogP contribution in [0.3, 0.4) is 0 Å². The average Bonchev–Trinajstić information content (AvgIpc) is 3.24. The summed E-state index contributed by atoms with van der Waals surface area (Å²) in [5.41, 5.74) is 4.83. The van der Waals surface area contributed by atoms with Crippen molar-refractivity contribution in [2.45, 2.75) is 44.6 Å². The summed E-state index contributed by atoms with van der Waals surface area (Å²) in [6.45, 7) is 7.47. The van der Waals surface area contributed by atoms with Gasteiger partial charge in [0.15, 0.2) is 5.82 Å². The molecule has 1 saturated heterocycles. The number of aryl methyl sites for hydroxylation is 1. The zero-order chi connectivity index (χ0) is 25.4. The summed E-state index contributed by atoms with van der Waals surface area (Å²) in [5, 5.41) is 8.81. The van der Waals surface area contributed by atoms with Gasteiger partial charge in [0.2, 0.25) is 15.9 Å². The van der Waals surface area contributed by atoms with E-state index < -0.39 is 10.0 Å². The van der Waals surface area contributed by atoms with Crippen LogP contribution in [0.2, 0.25) is 0 Å². The maximum Gasteiger partial charge on any atom is 0.243 e. The molecular weight excluding hydrogens is 474 g/mol. The van der Waals surface area contributed by atoms with Crippen molar-refractivity contribution in [1.29, 1.82) is 0 Å². The lowest BCUT2D eigenvalue weighted by Gasteiger charge is -2.34. The highest BCUT2D eigenvalue weighted by Gasteiger charge is 2.33. The van der Waals surface area contributed by atoms with Gasteiger partial charge in [-0.3, -0.25) is 4.79 Å². The van der Waals surface area contributed by atoms with Crippen LogP contribution >= 0.6 is 0 Å². The van der Waals surface area contributed by atoms with E-state index in [1.54, 1.807) is 23.1 Å². The minimum absolute atomic E-state index is 0.0292. The van der Waals surface area contributed by atoms with Gasteiger partial charge in [0.25, 0.3) is 0 Å². The highest BCUT2D eigenvalue weighted by molar-refractivity contribution is 7.89. The molecule has 3 heterocycles. The number of hydrogen-bond donors (Lipinski definition) is 0. The Morgan fingerprint density at radius 3 is 2.31 bits per heavy atom. The first-order valence-electron chi connectivity index (χ1n) is 12.4. The van der Waals surface area contributed by atoms with Crippen molar-refractivity contribution < 1.29 is 13.2 Å². The highest BCUT2D eigenvalue weighted by Crippen LogP contribution is 2.34. The van der Waals surface area contributed by atoms with Crippen LogP contribution < -0.4 is 9.80 Å². The minimum atomic E-state index is -3.63. The van der Waals surface area contributed by atoms with Crippen molar-refractivity contribution in [1.82, 2.24) is 14.5 Å². The summed E-state index contributed by atoms with van der Waals surface area (Å²) < 4.78 is 28.3. The lowest BCUT2D eigenvalue weighted by Crippen LogP contribution is -2.49. The minimum Gasteiger partial charge on any atom is -0.352 e. The molecule has 2 aliphatic rings. The Bertz CT molecular complexity index is 1370. The topological polar surface area (TPSA) is 86.7 Å². The van der Waals surface area contributed by atoms with Crippen LogP contribution in [0.25, 0.3) is 11.3 Å². The van der Waals surface area contributed by atoms with Crippen LogP contribution in [-0.2, 0) is 27.7 Å². The van der Waals surface area contributed by atoms with Gasteiger partial charge >= 0.3 is 0 Å². The molecule has 0 radical (unpaired) electrons. The summed E-state index contributed by atoms with van der Waals surface area (Å²) in [4.78, 5) is 16.1. The first-order chi connectivity index (χ1) is 17.3. The number of fused-ring (bicyclic) bond motifs is 1. The van der Waals surface area contributed by atoms with Gasteiger partial charge in [-0.2, -0.15) is 4.31 Å². The first kappa shape index (κ1) is 24.4. The maximum absolute atomic E-state index is 13.4. The standard InChI is InChI=1S/C27H31N5O3S/c1-4-21-5-7-22(8-6-21)25-10-12-27(29-28-25)30-13-15-31(16-14-30)36(34,35)24-9-11-26-23(18-24)17-19(2)32(26)20(3)33/h5-12,18-19H,4,13-17H2,1-3H3. The van der Waals surface area contributed by atoms with Crippen molar-refractivity contribution in [3.8, 4) is 11.3 Å². The Kier molecular flexibility index (Phi) is 6.53. The largest absolute Gasteiger partial charge is 0.352 e. The molecule has 9 heteroatoms. The van der Waals surface area contributed by atoms with Gasteiger partial charge in [0.1, 0.15) is 0 Å². The van der Waals surface area contributed by atoms with Crippen LogP contribution in [0.4, 0.5) is 11.5 Å². The van der Waals surface area contributed by atoms with E-state index in [0.717, 1.165) is 34.7 Å². The third-order valence-corrected chi connectivity index (χ3v) is 9.01. The first-order valence-corrected chi connectivity index (χ1v) is 13.8. The van der Waals surface area contributed by atoms with E-state index >= 15 is 0 Å². The van der Waals surface area contributed by atoms with Gasteiger partial charge in [-0.15, -0.1) is 10.2 Å². The Balaban J connectivity index is 1.26. The van der Waals surface area contributed by atoms with Crippen LogP contribution in [0, 0.1) is 0 Å². The number of nitrogens with zero attached hydrogens (tertiary/aromatic N) is 5. The van der Waals surface area contributed by atoms with Crippen LogP contribution in [-0.4, -0.2) is 61.0 Å². The quantitative estimate of drug-likeness (QED) is 0.528. The van der Waals surface area contributed by atoms with E-state index in [9.17, 15) is 13.2 Å². The summed E-state index contributed by atoms with van der Waals surface area (Å²) in [5.74, 6) is 0.718. The molecule has 1 fully saturated rings. The number of anilines is 2. The fourth-order valence-electron chi connectivity index (χ4n) is 5.11. The van der Waals surface area contributed by atoms with Gasteiger partial charge in [0.05, 0.1) is 10.6 Å². The fourth-order valence-corrected chi connectivity index (χ4v) is 6.59. The smallest absolute Gasteiger partial charge is 0.243 e. The molecule has 1 aromatic heterocycles. The van der Waals surface area contributed by atoms with E-state index in [1.165, 1.54) is 16.8 Å². The van der Waals surface area contributed by atoms with E-state index in [4.69, 9.17) is 0 Å². The summed E-state index contributed by atoms with van der Waals surface area (Å²) >= 11 is 0. The number of sulfonamides is 1. The van der Waals surface area contributed by atoms with Crippen molar-refractivity contribution in [2.24, 2.45) is 0 Å². The molecule has 2 aromatic carbocycles. The van der Waals surface area contributed by atoms with Gasteiger partial charge in [-0.05, 0) is 61.2 Å². The van der Waals surface area contributed by atoms with E-state index in [-0.39, 0.29) is 16.8 Å². The molecule has 1 amide bonds. The molecule has 0 saturated carbocycles. The number of piperazine rings is 1. The monoisotopic (exact) mass is 505 g/mol. The van der Waals surface area contributed by atoms with E-state index in [2.05, 4.69) is 46.3 Å². The highest BCUT2D eigenvalue weighted by atomic mass is 32.2. The van der Waals surface area contributed by atoms with Crippen molar-refractivity contribution in [2.75, 3.05) is 36.0 Å². The van der Waals surface area contributed by atoms with E-state index in [0.29, 0.717) is 32.6 Å². The molecule has 3 aromatic rings. The number of hydrogen-bond acceptors (Lipinski definition) is 6. The van der Waals surface area contributed by atoms with Crippen LogP contribution in [0.5, 0.6) is 0 Å². The lowest BCUT2D eigenvalue weighted by atomic mass is 10.1. The van der Waals surface area contributed by atoms with Crippen molar-refractivity contribution in [3.63, 3.8) is 0 Å². The Morgan fingerprint density at radius 2 is 1.69 bits per heavy atom. The van der Waals surface area contributed by atoms with Gasteiger partial charge in [-0.25, -0.2) is 8.42 Å². The number of aromatic nitrogens is 2. The van der Waals surface area contributed by atoms with Gasteiger partial charge < -0.3 is 9.80 Å². The fraction of sp³-hybridized carbons (Fsp3) is 0.370. The third kappa shape index (κ3) is 4.49. The Hall–Kier alpha value is -3.30. The van der Waals surface area contributed by atoms with Crippen molar-refractivity contribution in [3.05, 3.63) is 65.7 Å². The molecule has 8 nitrogen and oxygen atoms in total. The van der Waals surface area contributed by atoms with Gasteiger partial charge in [0, 0.05) is 50.4 Å². The van der Waals surface area contributed by atoms with Gasteiger partial charge in [-0.1, -0.05) is 31.2 Å². The van der Waals surface area contributed by atoms with E-state index in [1.807, 2.05) is 19.1 Å². The maximum atomic E-state index is 13.4. The third-order valence-electron chi connectivity index (χ3n) is 7.11. The summed E-state index contributed by atoms with van der Waals surface area (Å²) in [7, 11) is -3.63. The molecule has 0 aliphatic carbocycles. The average molecular weight is 506 g/mol. The second-order valence-electron chi connectivity index (χ2n) is 9.45. The Labute approximate surface area is 212 Å². The second-order valence-corrected chi connectivity index (χ2v) is 11.4. The number of carbonyl (C=O) groups is 1. The van der Waals surface area contributed by atoms with Crippen LogP contribution in [0.15, 0.2) is 59.5 Å². The number of amides is 1. The summed E-state index contributed by atoms with van der Waals surface area (Å²) in [6, 6.07) is 17.4. The number of benzene rings is 2. The molecule has 0 bridgehead atoms. The van der Waals surface area contributed by atoms with Crippen molar-refractivity contribution >= 4 is 27.4 Å². The normalized spacial score (nSPS) is 18.4.